The zero-order valence-electron chi connectivity index (χ0n) is 10.4. The summed E-state index contributed by atoms with van der Waals surface area (Å²) in [6, 6.07) is 8.78. The lowest BCUT2D eigenvalue weighted by atomic mass is 10.0. The van der Waals surface area contributed by atoms with E-state index in [4.69, 9.17) is 0 Å². The number of rotatable bonds is 1. The molecule has 82 valence electrons. The SMILES string of the molecule is Cc1ccc(-c2cc(C)c(C)c[nH+]2)cc1C. The average molecular weight is 212 g/mol. The van der Waals surface area contributed by atoms with Gasteiger partial charge in [0.25, 0.3) is 0 Å². The second kappa shape index (κ2) is 4.09. The van der Waals surface area contributed by atoms with Gasteiger partial charge in [-0.15, -0.1) is 0 Å². The predicted octanol–water partition coefficient (Wildman–Crippen LogP) is 3.40. The van der Waals surface area contributed by atoms with Crippen molar-refractivity contribution in [3.8, 4) is 11.3 Å². The first kappa shape index (κ1) is 10.9. The third kappa shape index (κ3) is 1.99. The molecule has 2 rings (SSSR count). The first-order valence-electron chi connectivity index (χ1n) is 5.64. The van der Waals surface area contributed by atoms with E-state index in [9.17, 15) is 0 Å². The van der Waals surface area contributed by atoms with Crippen LogP contribution >= 0.6 is 0 Å². The molecule has 0 radical (unpaired) electrons. The molecule has 0 aliphatic carbocycles. The fourth-order valence-electron chi connectivity index (χ4n) is 1.75. The van der Waals surface area contributed by atoms with Gasteiger partial charge in [-0.05, 0) is 56.5 Å². The molecule has 16 heavy (non-hydrogen) atoms. The molecule has 0 aliphatic heterocycles. The van der Waals surface area contributed by atoms with E-state index in [1.165, 1.54) is 33.5 Å². The maximum atomic E-state index is 3.34. The lowest BCUT2D eigenvalue weighted by molar-refractivity contribution is -0.365. The molecule has 0 amide bonds. The molecule has 0 fully saturated rings. The number of hydrogen-bond acceptors (Lipinski definition) is 0. The van der Waals surface area contributed by atoms with E-state index in [0.717, 1.165) is 0 Å². The molecular weight excluding hydrogens is 194 g/mol. The minimum atomic E-state index is 1.19. The van der Waals surface area contributed by atoms with Crippen LogP contribution in [0.4, 0.5) is 0 Å². The molecule has 1 heterocycles. The van der Waals surface area contributed by atoms with Crippen LogP contribution in [0.1, 0.15) is 22.3 Å². The van der Waals surface area contributed by atoms with Gasteiger partial charge in [0.2, 0.25) is 5.69 Å². The highest BCUT2D eigenvalue weighted by molar-refractivity contribution is 5.59. The van der Waals surface area contributed by atoms with Crippen molar-refractivity contribution in [3.05, 3.63) is 52.7 Å². The van der Waals surface area contributed by atoms with Crippen molar-refractivity contribution in [2.45, 2.75) is 27.7 Å². The highest BCUT2D eigenvalue weighted by Crippen LogP contribution is 2.19. The lowest BCUT2D eigenvalue weighted by Gasteiger charge is -2.03. The van der Waals surface area contributed by atoms with Crippen LogP contribution in [-0.2, 0) is 0 Å². The van der Waals surface area contributed by atoms with Crippen molar-refractivity contribution in [1.29, 1.82) is 0 Å². The summed E-state index contributed by atoms with van der Waals surface area (Å²) in [4.78, 5) is 3.34. The van der Waals surface area contributed by atoms with Crippen molar-refractivity contribution in [2.75, 3.05) is 0 Å². The number of aromatic nitrogens is 1. The summed E-state index contributed by atoms with van der Waals surface area (Å²) in [7, 11) is 0. The molecule has 0 spiro atoms. The normalized spacial score (nSPS) is 10.5. The third-order valence-corrected chi connectivity index (χ3v) is 3.24. The van der Waals surface area contributed by atoms with Gasteiger partial charge in [0.1, 0.15) is 0 Å². The molecule has 1 aromatic heterocycles. The van der Waals surface area contributed by atoms with Gasteiger partial charge in [0, 0.05) is 17.2 Å². The van der Waals surface area contributed by atoms with Crippen LogP contribution in [0.2, 0.25) is 0 Å². The standard InChI is InChI=1S/C15H17N/c1-10-5-6-14(7-11(10)2)15-8-12(3)13(4)9-16-15/h5-9H,1-4H3/p+1. The molecule has 1 nitrogen and oxygen atoms in total. The van der Waals surface area contributed by atoms with E-state index >= 15 is 0 Å². The minimum absolute atomic E-state index is 1.19. The van der Waals surface area contributed by atoms with Gasteiger partial charge in [-0.3, -0.25) is 0 Å². The van der Waals surface area contributed by atoms with Crippen molar-refractivity contribution in [2.24, 2.45) is 0 Å². The van der Waals surface area contributed by atoms with Crippen LogP contribution in [0.5, 0.6) is 0 Å². The summed E-state index contributed by atoms with van der Waals surface area (Å²) in [6.45, 7) is 8.56. The zero-order valence-corrected chi connectivity index (χ0v) is 10.4. The number of aromatic amines is 1. The maximum Gasteiger partial charge on any atom is 0.211 e. The Morgan fingerprint density at radius 1 is 0.750 bits per heavy atom. The van der Waals surface area contributed by atoms with E-state index in [0.29, 0.717) is 0 Å². The first-order chi connectivity index (χ1) is 7.58. The monoisotopic (exact) mass is 212 g/mol. The van der Waals surface area contributed by atoms with E-state index < -0.39 is 0 Å². The highest BCUT2D eigenvalue weighted by Gasteiger charge is 2.07. The Morgan fingerprint density at radius 2 is 1.44 bits per heavy atom. The molecule has 0 aliphatic rings. The van der Waals surface area contributed by atoms with E-state index in [1.54, 1.807) is 0 Å². The molecule has 0 saturated carbocycles. The van der Waals surface area contributed by atoms with Crippen LogP contribution in [0.25, 0.3) is 11.3 Å². The van der Waals surface area contributed by atoms with E-state index in [1.807, 2.05) is 0 Å². The smallest absolute Gasteiger partial charge is 0.211 e. The Kier molecular flexibility index (Phi) is 2.78. The summed E-state index contributed by atoms with van der Waals surface area (Å²) in [5.74, 6) is 0. The minimum Gasteiger partial charge on any atom is -0.211 e. The van der Waals surface area contributed by atoms with Gasteiger partial charge in [-0.1, -0.05) is 6.07 Å². The van der Waals surface area contributed by atoms with Gasteiger partial charge < -0.3 is 0 Å². The number of aryl methyl sites for hydroxylation is 4. The molecule has 1 aromatic carbocycles. The van der Waals surface area contributed by atoms with Crippen molar-refractivity contribution >= 4 is 0 Å². The molecule has 0 saturated heterocycles. The van der Waals surface area contributed by atoms with Crippen LogP contribution in [0.3, 0.4) is 0 Å². The summed E-state index contributed by atoms with van der Waals surface area (Å²) >= 11 is 0. The third-order valence-electron chi connectivity index (χ3n) is 3.24. The summed E-state index contributed by atoms with van der Waals surface area (Å²) in [6.07, 6.45) is 2.07. The van der Waals surface area contributed by atoms with Gasteiger partial charge in [-0.25, -0.2) is 4.98 Å². The highest BCUT2D eigenvalue weighted by atomic mass is 14.7. The number of benzene rings is 1. The van der Waals surface area contributed by atoms with E-state index in [-0.39, 0.29) is 0 Å². The van der Waals surface area contributed by atoms with E-state index in [2.05, 4.69) is 63.1 Å². The second-order valence-electron chi connectivity index (χ2n) is 4.51. The van der Waals surface area contributed by atoms with Crippen LogP contribution in [-0.4, -0.2) is 0 Å². The number of nitrogens with one attached hydrogen (secondary N) is 1. The Balaban J connectivity index is 2.50. The number of pyridine rings is 1. The van der Waals surface area contributed by atoms with Gasteiger partial charge in [0.15, 0.2) is 6.20 Å². The fourth-order valence-corrected chi connectivity index (χ4v) is 1.75. The van der Waals surface area contributed by atoms with Gasteiger partial charge in [-0.2, -0.15) is 0 Å². The summed E-state index contributed by atoms with van der Waals surface area (Å²) < 4.78 is 0. The molecule has 1 heteroatoms. The topological polar surface area (TPSA) is 14.1 Å². The van der Waals surface area contributed by atoms with Crippen LogP contribution < -0.4 is 4.98 Å². The lowest BCUT2D eigenvalue weighted by Crippen LogP contribution is -2.08. The molecule has 1 N–H and O–H groups in total. The van der Waals surface area contributed by atoms with Crippen LogP contribution in [0, 0.1) is 27.7 Å². The first-order valence-corrected chi connectivity index (χ1v) is 5.64. The van der Waals surface area contributed by atoms with Gasteiger partial charge >= 0.3 is 0 Å². The quantitative estimate of drug-likeness (QED) is 0.688. The summed E-state index contributed by atoms with van der Waals surface area (Å²) in [5, 5.41) is 0. The number of hydrogen-bond donors (Lipinski definition) is 0. The molecule has 0 bridgehead atoms. The van der Waals surface area contributed by atoms with Crippen LogP contribution in [0.15, 0.2) is 30.5 Å². The Labute approximate surface area is 97.2 Å². The summed E-state index contributed by atoms with van der Waals surface area (Å²) in [5.41, 5.74) is 7.74. The van der Waals surface area contributed by atoms with Gasteiger partial charge in [0.05, 0.1) is 0 Å². The Bertz CT molecular complexity index is 477. The fraction of sp³-hybridized carbons (Fsp3) is 0.267. The largest absolute Gasteiger partial charge is 0.211 e. The maximum absolute atomic E-state index is 3.34. The average Bonchev–Trinajstić information content (AvgIpc) is 2.26. The Hall–Kier alpha value is -1.63. The molecule has 0 unspecified atom stereocenters. The zero-order chi connectivity index (χ0) is 11.7. The molecule has 0 atom stereocenters. The van der Waals surface area contributed by atoms with Crippen molar-refractivity contribution < 1.29 is 4.98 Å². The van der Waals surface area contributed by atoms with Crippen molar-refractivity contribution in [1.82, 2.24) is 0 Å². The Morgan fingerprint density at radius 3 is 2.06 bits per heavy atom. The predicted molar refractivity (Wildman–Crippen MR) is 67.4 cm³/mol. The molecule has 2 aromatic rings. The second-order valence-corrected chi connectivity index (χ2v) is 4.51. The number of H-pyrrole nitrogens is 1. The van der Waals surface area contributed by atoms with Crippen molar-refractivity contribution in [3.63, 3.8) is 0 Å². The molecular formula is C15H18N+.